The molecule has 124 valence electrons. The van der Waals surface area contributed by atoms with Crippen molar-refractivity contribution in [1.29, 1.82) is 0 Å². The van der Waals surface area contributed by atoms with Crippen molar-refractivity contribution in [1.82, 2.24) is 15.3 Å². The Morgan fingerprint density at radius 1 is 1.00 bits per heavy atom. The Kier molecular flexibility index (Phi) is 4.25. The van der Waals surface area contributed by atoms with E-state index in [1.54, 1.807) is 12.4 Å². The highest BCUT2D eigenvalue weighted by molar-refractivity contribution is 6.00. The van der Waals surface area contributed by atoms with Crippen LogP contribution < -0.4 is 5.32 Å². The summed E-state index contributed by atoms with van der Waals surface area (Å²) in [5.41, 5.74) is 3.73. The lowest BCUT2D eigenvalue weighted by Gasteiger charge is -2.10. The van der Waals surface area contributed by atoms with Crippen LogP contribution in [0.25, 0.3) is 11.1 Å². The number of hydrogen-bond acceptors (Lipinski definition) is 3. The molecule has 0 unspecified atom stereocenters. The Labute approximate surface area is 147 Å². The van der Waals surface area contributed by atoms with Gasteiger partial charge in [-0.15, -0.1) is 0 Å². The van der Waals surface area contributed by atoms with Crippen LogP contribution in [0.15, 0.2) is 73.3 Å². The topological polar surface area (TPSA) is 54.9 Å². The standard InChI is InChI=1S/C21H19N3O/c25-21(24-13-16-10-20(16)15-6-2-1-3-7-15)19-9-5-4-8-18(19)17-11-22-14-23-12-17/h1-9,11-12,14,16,20H,10,13H2,(H,24,25)/t16-,20+/m1/s1. The van der Waals surface area contributed by atoms with Gasteiger partial charge < -0.3 is 5.32 Å². The van der Waals surface area contributed by atoms with Gasteiger partial charge in [0.2, 0.25) is 0 Å². The Morgan fingerprint density at radius 2 is 1.72 bits per heavy atom. The van der Waals surface area contributed by atoms with Crippen LogP contribution in [0.3, 0.4) is 0 Å². The van der Waals surface area contributed by atoms with Gasteiger partial charge in [0.15, 0.2) is 0 Å². The van der Waals surface area contributed by atoms with Gasteiger partial charge in [-0.1, -0.05) is 48.5 Å². The van der Waals surface area contributed by atoms with Crippen LogP contribution in [0.2, 0.25) is 0 Å². The maximum Gasteiger partial charge on any atom is 0.251 e. The van der Waals surface area contributed by atoms with E-state index in [4.69, 9.17) is 0 Å². The molecule has 25 heavy (non-hydrogen) atoms. The number of amides is 1. The van der Waals surface area contributed by atoms with Crippen LogP contribution in [-0.4, -0.2) is 22.4 Å². The molecule has 1 amide bonds. The normalized spacial score (nSPS) is 18.6. The second kappa shape index (κ2) is 6.85. The highest BCUT2D eigenvalue weighted by Crippen LogP contribution is 2.46. The first-order valence-corrected chi connectivity index (χ1v) is 8.50. The van der Waals surface area contributed by atoms with Crippen molar-refractivity contribution in [2.45, 2.75) is 12.3 Å². The van der Waals surface area contributed by atoms with Gasteiger partial charge in [-0.3, -0.25) is 4.79 Å². The van der Waals surface area contributed by atoms with Crippen LogP contribution in [0, 0.1) is 5.92 Å². The summed E-state index contributed by atoms with van der Waals surface area (Å²) in [4.78, 5) is 20.8. The lowest BCUT2D eigenvalue weighted by Crippen LogP contribution is -2.26. The number of rotatable bonds is 5. The number of nitrogens with one attached hydrogen (secondary N) is 1. The number of carbonyl (C=O) groups excluding carboxylic acids is 1. The first-order valence-electron chi connectivity index (χ1n) is 8.50. The molecule has 2 atom stereocenters. The Morgan fingerprint density at radius 3 is 2.52 bits per heavy atom. The highest BCUT2D eigenvalue weighted by atomic mass is 16.1. The first kappa shape index (κ1) is 15.5. The van der Waals surface area contributed by atoms with Crippen LogP contribution in [0.5, 0.6) is 0 Å². The van der Waals surface area contributed by atoms with Crippen molar-refractivity contribution >= 4 is 5.91 Å². The quantitative estimate of drug-likeness (QED) is 0.777. The average Bonchev–Trinajstić information content (AvgIpc) is 3.47. The number of nitrogens with zero attached hydrogens (tertiary/aromatic N) is 2. The van der Waals surface area contributed by atoms with Gasteiger partial charge in [-0.25, -0.2) is 9.97 Å². The largest absolute Gasteiger partial charge is 0.352 e. The first-order chi connectivity index (χ1) is 12.3. The zero-order valence-electron chi connectivity index (χ0n) is 13.8. The van der Waals surface area contributed by atoms with Gasteiger partial charge >= 0.3 is 0 Å². The molecule has 4 rings (SSSR count). The van der Waals surface area contributed by atoms with Gasteiger partial charge in [0.05, 0.1) is 0 Å². The maximum atomic E-state index is 12.7. The number of benzene rings is 2. The molecule has 1 heterocycles. The van der Waals surface area contributed by atoms with Crippen molar-refractivity contribution in [2.24, 2.45) is 5.92 Å². The van der Waals surface area contributed by atoms with E-state index in [0.717, 1.165) is 17.5 Å². The summed E-state index contributed by atoms with van der Waals surface area (Å²) < 4.78 is 0. The molecule has 0 aliphatic heterocycles. The number of hydrogen-bond donors (Lipinski definition) is 1. The summed E-state index contributed by atoms with van der Waals surface area (Å²) in [7, 11) is 0. The fourth-order valence-corrected chi connectivity index (χ4v) is 3.27. The zero-order chi connectivity index (χ0) is 17.1. The van der Waals surface area contributed by atoms with Gasteiger partial charge in [0.25, 0.3) is 5.91 Å². The summed E-state index contributed by atoms with van der Waals surface area (Å²) in [6.45, 7) is 0.706. The lowest BCUT2D eigenvalue weighted by molar-refractivity contribution is 0.0952. The Hall–Kier alpha value is -3.01. The van der Waals surface area contributed by atoms with E-state index in [9.17, 15) is 4.79 Å². The van der Waals surface area contributed by atoms with Gasteiger partial charge in [-0.2, -0.15) is 0 Å². The third-order valence-electron chi connectivity index (χ3n) is 4.72. The third kappa shape index (κ3) is 3.43. The van der Waals surface area contributed by atoms with E-state index in [1.807, 2.05) is 30.3 Å². The molecule has 1 aliphatic rings. The molecule has 4 nitrogen and oxygen atoms in total. The molecule has 3 aromatic rings. The predicted molar refractivity (Wildman–Crippen MR) is 97.1 cm³/mol. The number of aromatic nitrogens is 2. The molecule has 2 aromatic carbocycles. The third-order valence-corrected chi connectivity index (χ3v) is 4.72. The molecule has 0 bridgehead atoms. The maximum absolute atomic E-state index is 12.7. The molecular weight excluding hydrogens is 310 g/mol. The van der Waals surface area contributed by atoms with E-state index < -0.39 is 0 Å². The van der Waals surface area contributed by atoms with Crippen LogP contribution in [0.4, 0.5) is 0 Å². The molecule has 1 saturated carbocycles. The summed E-state index contributed by atoms with van der Waals surface area (Å²) in [5.74, 6) is 1.05. The minimum Gasteiger partial charge on any atom is -0.352 e. The minimum atomic E-state index is -0.0434. The Bertz CT molecular complexity index is 865. The molecule has 1 aliphatic carbocycles. The lowest BCUT2D eigenvalue weighted by atomic mass is 10.0. The minimum absolute atomic E-state index is 0.0434. The smallest absolute Gasteiger partial charge is 0.251 e. The second-order valence-electron chi connectivity index (χ2n) is 6.40. The van der Waals surface area contributed by atoms with Gasteiger partial charge in [-0.05, 0) is 35.4 Å². The fraction of sp³-hybridized carbons (Fsp3) is 0.190. The van der Waals surface area contributed by atoms with Crippen molar-refractivity contribution in [3.05, 3.63) is 84.4 Å². The van der Waals surface area contributed by atoms with E-state index in [-0.39, 0.29) is 5.91 Å². The van der Waals surface area contributed by atoms with Gasteiger partial charge in [0, 0.05) is 30.1 Å². The van der Waals surface area contributed by atoms with Gasteiger partial charge in [0.1, 0.15) is 6.33 Å². The molecule has 0 saturated heterocycles. The van der Waals surface area contributed by atoms with E-state index >= 15 is 0 Å². The summed E-state index contributed by atoms with van der Waals surface area (Å²) >= 11 is 0. The number of carbonyl (C=O) groups is 1. The van der Waals surface area contributed by atoms with Crippen molar-refractivity contribution < 1.29 is 4.79 Å². The van der Waals surface area contributed by atoms with E-state index in [2.05, 4.69) is 39.6 Å². The molecule has 1 fully saturated rings. The molecule has 0 spiro atoms. The monoisotopic (exact) mass is 329 g/mol. The van der Waals surface area contributed by atoms with Crippen LogP contribution in [-0.2, 0) is 0 Å². The summed E-state index contributed by atoms with van der Waals surface area (Å²) in [6.07, 6.45) is 6.08. The molecule has 0 radical (unpaired) electrons. The van der Waals surface area contributed by atoms with Crippen molar-refractivity contribution in [3.63, 3.8) is 0 Å². The van der Waals surface area contributed by atoms with Crippen LogP contribution in [0.1, 0.15) is 28.3 Å². The Balaban J connectivity index is 1.43. The molecule has 1 aromatic heterocycles. The summed E-state index contributed by atoms with van der Waals surface area (Å²) in [5, 5.41) is 3.09. The zero-order valence-corrected chi connectivity index (χ0v) is 13.8. The predicted octanol–water partition coefficient (Wildman–Crippen LogP) is 3.68. The van der Waals surface area contributed by atoms with E-state index in [0.29, 0.717) is 23.9 Å². The van der Waals surface area contributed by atoms with Crippen molar-refractivity contribution in [2.75, 3.05) is 6.54 Å². The second-order valence-corrected chi connectivity index (χ2v) is 6.40. The highest BCUT2D eigenvalue weighted by Gasteiger charge is 2.38. The van der Waals surface area contributed by atoms with Crippen LogP contribution >= 0.6 is 0 Å². The average molecular weight is 329 g/mol. The molecule has 1 N–H and O–H groups in total. The fourth-order valence-electron chi connectivity index (χ4n) is 3.27. The molecular formula is C21H19N3O. The van der Waals surface area contributed by atoms with Crippen molar-refractivity contribution in [3.8, 4) is 11.1 Å². The molecule has 4 heteroatoms. The summed E-state index contributed by atoms with van der Waals surface area (Å²) in [6, 6.07) is 18.1. The van der Waals surface area contributed by atoms with E-state index in [1.165, 1.54) is 11.9 Å². The SMILES string of the molecule is O=C(NC[C@H]1C[C@H]1c1ccccc1)c1ccccc1-c1cncnc1.